The Labute approximate surface area is 78.8 Å². The van der Waals surface area contributed by atoms with Crippen LogP contribution in [0.3, 0.4) is 0 Å². The number of nitrogens with zero attached hydrogens (tertiary/aromatic N) is 3. The van der Waals surface area contributed by atoms with Crippen LogP contribution in [0.2, 0.25) is 0 Å². The van der Waals surface area contributed by atoms with Gasteiger partial charge in [0, 0.05) is 12.3 Å². The molecule has 0 amide bonds. The van der Waals surface area contributed by atoms with E-state index in [0.717, 1.165) is 29.7 Å². The smallest absolute Gasteiger partial charge is 0.157 e. The summed E-state index contributed by atoms with van der Waals surface area (Å²) in [6.07, 6.45) is 1.80. The first-order chi connectivity index (χ1) is 5.95. The highest BCUT2D eigenvalue weighted by Crippen LogP contribution is 2.12. The third-order valence-electron chi connectivity index (χ3n) is 1.41. The van der Waals surface area contributed by atoms with Gasteiger partial charge in [0.1, 0.15) is 0 Å². The van der Waals surface area contributed by atoms with E-state index in [-0.39, 0.29) is 0 Å². The van der Waals surface area contributed by atoms with Gasteiger partial charge < -0.3 is 5.32 Å². The van der Waals surface area contributed by atoms with Gasteiger partial charge in [-0.05, 0) is 0 Å². The lowest BCUT2D eigenvalue weighted by molar-refractivity contribution is 0.963. The molecule has 4 nitrogen and oxygen atoms in total. The average molecular weight is 200 g/mol. The van der Waals surface area contributed by atoms with Crippen LogP contribution in [0.15, 0.2) is 11.2 Å². The molecule has 1 aliphatic rings. The number of nitrogens with one attached hydrogen (secondary N) is 1. The van der Waals surface area contributed by atoms with Gasteiger partial charge in [0.2, 0.25) is 0 Å². The van der Waals surface area contributed by atoms with Crippen molar-refractivity contribution in [3.8, 4) is 0 Å². The minimum atomic E-state index is 0.863. The molecule has 0 spiro atoms. The molecule has 0 aromatic carbocycles. The molecule has 1 aliphatic heterocycles. The van der Waals surface area contributed by atoms with E-state index in [1.165, 1.54) is 11.7 Å². The molecule has 0 saturated heterocycles. The van der Waals surface area contributed by atoms with Gasteiger partial charge in [0.25, 0.3) is 0 Å². The summed E-state index contributed by atoms with van der Waals surface area (Å²) in [5, 5.41) is 4.22. The van der Waals surface area contributed by atoms with E-state index < -0.39 is 0 Å². The van der Waals surface area contributed by atoms with Crippen LogP contribution in [0, 0.1) is 0 Å². The molecule has 1 N–H and O–H groups in total. The van der Waals surface area contributed by atoms with Gasteiger partial charge in [-0.25, -0.2) is 0 Å². The molecule has 0 saturated carbocycles. The van der Waals surface area contributed by atoms with Crippen LogP contribution in [-0.2, 0) is 5.75 Å². The maximum absolute atomic E-state index is 4.26. The Morgan fingerprint density at radius 3 is 3.33 bits per heavy atom. The molecule has 6 heteroatoms. The van der Waals surface area contributed by atoms with E-state index in [9.17, 15) is 0 Å². The van der Waals surface area contributed by atoms with Crippen molar-refractivity contribution in [2.45, 2.75) is 5.75 Å². The molecule has 0 aliphatic carbocycles. The van der Waals surface area contributed by atoms with Crippen LogP contribution >= 0.6 is 23.5 Å². The Morgan fingerprint density at radius 1 is 1.67 bits per heavy atom. The van der Waals surface area contributed by atoms with E-state index in [1.54, 1.807) is 18.0 Å². The van der Waals surface area contributed by atoms with Crippen LogP contribution in [0.5, 0.6) is 0 Å². The fourth-order valence-electron chi connectivity index (χ4n) is 0.863. The fourth-order valence-corrected chi connectivity index (χ4v) is 2.19. The third-order valence-corrected chi connectivity index (χ3v) is 2.91. The average Bonchev–Trinajstić information content (AvgIpc) is 2.74. The number of thioether (sulfide) groups is 1. The van der Waals surface area contributed by atoms with E-state index in [2.05, 4.69) is 19.1 Å². The van der Waals surface area contributed by atoms with Crippen molar-refractivity contribution >= 4 is 28.7 Å². The number of rotatable bonds is 2. The van der Waals surface area contributed by atoms with E-state index in [4.69, 9.17) is 0 Å². The summed E-state index contributed by atoms with van der Waals surface area (Å²) in [7, 11) is 0. The van der Waals surface area contributed by atoms with Crippen molar-refractivity contribution in [1.29, 1.82) is 0 Å². The predicted octanol–water partition coefficient (Wildman–Crippen LogP) is 0.730. The zero-order chi connectivity index (χ0) is 8.23. The summed E-state index contributed by atoms with van der Waals surface area (Å²) in [5.41, 5.74) is 1.03. The Kier molecular flexibility index (Phi) is 2.57. The predicted molar refractivity (Wildman–Crippen MR) is 51.5 cm³/mol. The van der Waals surface area contributed by atoms with Gasteiger partial charge in [-0.15, -0.1) is 0 Å². The Hall–Kier alpha value is -0.620. The summed E-state index contributed by atoms with van der Waals surface area (Å²) in [4.78, 5) is 4.26. The van der Waals surface area contributed by atoms with E-state index >= 15 is 0 Å². The molecular formula is C6H8N4S2. The second-order valence-electron chi connectivity index (χ2n) is 2.30. The fraction of sp³-hybridized carbons (Fsp3) is 0.500. The lowest BCUT2D eigenvalue weighted by Crippen LogP contribution is -2.14. The zero-order valence-corrected chi connectivity index (χ0v) is 7.99. The second kappa shape index (κ2) is 3.86. The maximum Gasteiger partial charge on any atom is 0.157 e. The zero-order valence-electron chi connectivity index (χ0n) is 6.36. The highest BCUT2D eigenvalue weighted by molar-refractivity contribution is 8.13. The topological polar surface area (TPSA) is 50.2 Å². The SMILES string of the molecule is c1nsnc1CSC1=NCCN1. The minimum absolute atomic E-state index is 0.863. The summed E-state index contributed by atoms with van der Waals surface area (Å²) in [5.74, 6) is 0.863. The van der Waals surface area contributed by atoms with Crippen molar-refractivity contribution in [3.05, 3.63) is 11.9 Å². The third kappa shape index (κ3) is 1.95. The molecular weight excluding hydrogens is 192 g/mol. The van der Waals surface area contributed by atoms with Crippen molar-refractivity contribution in [2.24, 2.45) is 4.99 Å². The standard InChI is InChI=1S/C6H8N4S2/c1-2-8-6(7-1)11-4-5-3-9-12-10-5/h3H,1-2,4H2,(H,7,8). The van der Waals surface area contributed by atoms with E-state index in [0.29, 0.717) is 0 Å². The number of amidine groups is 1. The Bertz CT molecular complexity index is 269. The van der Waals surface area contributed by atoms with Crippen LogP contribution in [0.25, 0.3) is 0 Å². The molecule has 64 valence electrons. The molecule has 12 heavy (non-hydrogen) atoms. The molecule has 2 rings (SSSR count). The molecule has 0 atom stereocenters. The quantitative estimate of drug-likeness (QED) is 0.764. The molecule has 0 unspecified atom stereocenters. The van der Waals surface area contributed by atoms with Crippen LogP contribution < -0.4 is 5.32 Å². The number of aromatic nitrogens is 2. The minimum Gasteiger partial charge on any atom is -0.363 e. The summed E-state index contributed by atoms with van der Waals surface area (Å²) in [6.45, 7) is 1.87. The molecule has 0 fully saturated rings. The molecule has 1 aromatic heterocycles. The summed E-state index contributed by atoms with van der Waals surface area (Å²) in [6, 6.07) is 0. The first-order valence-corrected chi connectivity index (χ1v) is 5.34. The molecule has 1 aromatic rings. The lowest BCUT2D eigenvalue weighted by Gasteiger charge is -1.97. The van der Waals surface area contributed by atoms with Gasteiger partial charge in [-0.2, -0.15) is 8.75 Å². The summed E-state index contributed by atoms with van der Waals surface area (Å²) < 4.78 is 8.03. The van der Waals surface area contributed by atoms with Crippen LogP contribution in [0.4, 0.5) is 0 Å². The van der Waals surface area contributed by atoms with Crippen molar-refractivity contribution in [2.75, 3.05) is 13.1 Å². The van der Waals surface area contributed by atoms with Gasteiger partial charge in [0.05, 0.1) is 30.2 Å². The Balaban J connectivity index is 1.82. The first-order valence-electron chi connectivity index (χ1n) is 3.63. The first kappa shape index (κ1) is 8.00. The normalized spacial score (nSPS) is 15.8. The van der Waals surface area contributed by atoms with Crippen LogP contribution in [0.1, 0.15) is 5.69 Å². The molecule has 0 bridgehead atoms. The highest BCUT2D eigenvalue weighted by atomic mass is 32.2. The van der Waals surface area contributed by atoms with Crippen molar-refractivity contribution < 1.29 is 0 Å². The summed E-state index contributed by atoms with van der Waals surface area (Å²) >= 11 is 2.93. The largest absolute Gasteiger partial charge is 0.363 e. The highest BCUT2D eigenvalue weighted by Gasteiger charge is 2.06. The van der Waals surface area contributed by atoms with Crippen molar-refractivity contribution in [1.82, 2.24) is 14.1 Å². The number of hydrogen-bond donors (Lipinski definition) is 1. The second-order valence-corrected chi connectivity index (χ2v) is 3.82. The van der Waals surface area contributed by atoms with Gasteiger partial charge >= 0.3 is 0 Å². The van der Waals surface area contributed by atoms with Gasteiger partial charge in [-0.1, -0.05) is 11.8 Å². The van der Waals surface area contributed by atoms with Crippen molar-refractivity contribution in [3.63, 3.8) is 0 Å². The lowest BCUT2D eigenvalue weighted by atomic mass is 10.6. The monoisotopic (exact) mass is 200 g/mol. The molecule has 0 radical (unpaired) electrons. The number of hydrogen-bond acceptors (Lipinski definition) is 6. The maximum atomic E-state index is 4.26. The van der Waals surface area contributed by atoms with E-state index in [1.807, 2.05) is 0 Å². The Morgan fingerprint density at radius 2 is 2.67 bits per heavy atom. The van der Waals surface area contributed by atoms with Gasteiger partial charge in [-0.3, -0.25) is 4.99 Å². The molecule has 2 heterocycles. The van der Waals surface area contributed by atoms with Crippen LogP contribution in [-0.4, -0.2) is 27.0 Å². The van der Waals surface area contributed by atoms with Gasteiger partial charge in [0.15, 0.2) is 5.17 Å². The number of aliphatic imine (C=N–C) groups is 1.